The van der Waals surface area contributed by atoms with Gasteiger partial charge >= 0.3 is 0 Å². The topological polar surface area (TPSA) is 81.4 Å². The lowest BCUT2D eigenvalue weighted by molar-refractivity contribution is -0.123. The smallest absolute Gasteiger partial charge is 0.217 e. The summed E-state index contributed by atoms with van der Waals surface area (Å²) in [7, 11) is 0. The number of nitrogens with two attached hydrogens (primary N) is 1. The predicted molar refractivity (Wildman–Crippen MR) is 96.2 cm³/mol. The third kappa shape index (κ3) is 4.65. The van der Waals surface area contributed by atoms with Gasteiger partial charge in [0, 0.05) is 18.9 Å². The Hall–Kier alpha value is -1.24. The standard InChI is InChI=1S/C18H28N2O3S/c1-4-13(5-2)23-15-10-12(18(22)16-7-6-8-24-16)9-14(19)17(15)20-11(3)21/h6-8,12-15,17H,4-5,9-10,19H2,1-3H3,(H,20,21)/t12-,14-,15-,17+/m0/s1. The van der Waals surface area contributed by atoms with Crippen molar-refractivity contribution >= 4 is 23.0 Å². The molecule has 0 spiro atoms. The van der Waals surface area contributed by atoms with Crippen molar-refractivity contribution in [3.05, 3.63) is 22.4 Å². The van der Waals surface area contributed by atoms with E-state index in [-0.39, 0.29) is 41.9 Å². The van der Waals surface area contributed by atoms with Crippen molar-refractivity contribution < 1.29 is 14.3 Å². The SMILES string of the molecule is CCC(CC)O[C@H]1C[C@@H](C(=O)c2cccs2)C[C@H](N)[C@H]1NC(C)=O. The summed E-state index contributed by atoms with van der Waals surface area (Å²) in [6, 6.07) is 3.22. The number of hydrogen-bond acceptors (Lipinski definition) is 5. The van der Waals surface area contributed by atoms with Gasteiger partial charge in [0.15, 0.2) is 5.78 Å². The van der Waals surface area contributed by atoms with Gasteiger partial charge in [-0.25, -0.2) is 0 Å². The van der Waals surface area contributed by atoms with Gasteiger partial charge < -0.3 is 15.8 Å². The molecule has 1 saturated carbocycles. The molecule has 0 bridgehead atoms. The zero-order valence-electron chi connectivity index (χ0n) is 14.7. The average Bonchev–Trinajstić information content (AvgIpc) is 3.08. The maximum absolute atomic E-state index is 12.7. The monoisotopic (exact) mass is 352 g/mol. The second kappa shape index (κ2) is 8.74. The summed E-state index contributed by atoms with van der Waals surface area (Å²) in [5, 5.41) is 4.84. The van der Waals surface area contributed by atoms with Crippen LogP contribution >= 0.6 is 11.3 Å². The van der Waals surface area contributed by atoms with E-state index in [2.05, 4.69) is 19.2 Å². The minimum absolute atomic E-state index is 0.114. The molecule has 1 amide bonds. The molecular formula is C18H28N2O3S. The Balaban J connectivity index is 2.16. The van der Waals surface area contributed by atoms with Crippen molar-refractivity contribution in [2.75, 3.05) is 0 Å². The van der Waals surface area contributed by atoms with Gasteiger partial charge in [-0.1, -0.05) is 19.9 Å². The fourth-order valence-corrected chi connectivity index (χ4v) is 4.16. The molecule has 1 heterocycles. The highest BCUT2D eigenvalue weighted by Crippen LogP contribution is 2.31. The third-order valence-electron chi connectivity index (χ3n) is 4.72. The number of nitrogens with one attached hydrogen (secondary N) is 1. The largest absolute Gasteiger partial charge is 0.373 e. The van der Waals surface area contributed by atoms with E-state index < -0.39 is 0 Å². The first-order valence-corrected chi connectivity index (χ1v) is 9.60. The van der Waals surface area contributed by atoms with Crippen LogP contribution in [0.25, 0.3) is 0 Å². The molecule has 1 aliphatic carbocycles. The summed E-state index contributed by atoms with van der Waals surface area (Å²) >= 11 is 1.46. The van der Waals surface area contributed by atoms with Gasteiger partial charge in [-0.3, -0.25) is 9.59 Å². The molecule has 2 rings (SSSR count). The van der Waals surface area contributed by atoms with Gasteiger partial charge in [0.2, 0.25) is 5.91 Å². The van der Waals surface area contributed by atoms with Gasteiger partial charge in [-0.05, 0) is 37.1 Å². The number of ether oxygens (including phenoxy) is 1. The number of amides is 1. The lowest BCUT2D eigenvalue weighted by Crippen LogP contribution is -2.59. The molecule has 0 aromatic carbocycles. The molecule has 24 heavy (non-hydrogen) atoms. The molecule has 0 radical (unpaired) electrons. The van der Waals surface area contributed by atoms with Crippen LogP contribution in [-0.4, -0.2) is 36.0 Å². The van der Waals surface area contributed by atoms with E-state index >= 15 is 0 Å². The highest BCUT2D eigenvalue weighted by atomic mass is 32.1. The summed E-state index contributed by atoms with van der Waals surface area (Å²) in [6.07, 6.45) is 2.87. The Kier molecular flexibility index (Phi) is 6.95. The second-order valence-electron chi connectivity index (χ2n) is 6.51. The molecule has 1 aromatic rings. The molecule has 4 atom stereocenters. The molecule has 0 aliphatic heterocycles. The van der Waals surface area contributed by atoms with Crippen LogP contribution in [0.15, 0.2) is 17.5 Å². The van der Waals surface area contributed by atoms with Crippen LogP contribution < -0.4 is 11.1 Å². The molecule has 1 fully saturated rings. The van der Waals surface area contributed by atoms with Gasteiger partial charge in [0.1, 0.15) is 0 Å². The second-order valence-corrected chi connectivity index (χ2v) is 7.46. The highest BCUT2D eigenvalue weighted by molar-refractivity contribution is 7.12. The van der Waals surface area contributed by atoms with Crippen molar-refractivity contribution in [2.45, 2.75) is 70.7 Å². The number of carbonyl (C=O) groups is 2. The zero-order chi connectivity index (χ0) is 17.7. The van der Waals surface area contributed by atoms with Crippen molar-refractivity contribution in [3.8, 4) is 0 Å². The number of ketones is 1. The summed E-state index contributed by atoms with van der Waals surface area (Å²) < 4.78 is 6.23. The maximum atomic E-state index is 12.7. The number of rotatable bonds is 7. The molecule has 134 valence electrons. The van der Waals surface area contributed by atoms with Crippen molar-refractivity contribution in [1.29, 1.82) is 0 Å². The Morgan fingerprint density at radius 3 is 2.62 bits per heavy atom. The summed E-state index contributed by atoms with van der Waals surface area (Å²) in [4.78, 5) is 25.0. The Labute approximate surface area is 148 Å². The fraction of sp³-hybridized carbons (Fsp3) is 0.667. The van der Waals surface area contributed by atoms with Crippen LogP contribution in [0.4, 0.5) is 0 Å². The van der Waals surface area contributed by atoms with Crippen molar-refractivity contribution in [2.24, 2.45) is 11.7 Å². The molecule has 1 aromatic heterocycles. The minimum Gasteiger partial charge on any atom is -0.373 e. The molecule has 0 saturated heterocycles. The van der Waals surface area contributed by atoms with Crippen LogP contribution in [0.3, 0.4) is 0 Å². The zero-order valence-corrected chi connectivity index (χ0v) is 15.5. The van der Waals surface area contributed by atoms with Crippen molar-refractivity contribution in [1.82, 2.24) is 5.32 Å². The van der Waals surface area contributed by atoms with E-state index in [4.69, 9.17) is 10.5 Å². The lowest BCUT2D eigenvalue weighted by Gasteiger charge is -2.41. The first-order chi connectivity index (χ1) is 11.5. The molecule has 3 N–H and O–H groups in total. The number of hydrogen-bond donors (Lipinski definition) is 2. The molecule has 1 aliphatic rings. The van der Waals surface area contributed by atoms with E-state index in [1.807, 2.05) is 17.5 Å². The van der Waals surface area contributed by atoms with E-state index in [1.165, 1.54) is 18.3 Å². The van der Waals surface area contributed by atoms with E-state index in [1.54, 1.807) is 0 Å². The Morgan fingerprint density at radius 1 is 1.38 bits per heavy atom. The van der Waals surface area contributed by atoms with Crippen molar-refractivity contribution in [3.63, 3.8) is 0 Å². The third-order valence-corrected chi connectivity index (χ3v) is 5.60. The van der Waals surface area contributed by atoms with Gasteiger partial charge in [0.05, 0.1) is 23.1 Å². The predicted octanol–water partition coefficient (Wildman–Crippen LogP) is 2.75. The van der Waals surface area contributed by atoms with Gasteiger partial charge in [-0.15, -0.1) is 11.3 Å². The first-order valence-electron chi connectivity index (χ1n) is 8.72. The highest BCUT2D eigenvalue weighted by Gasteiger charge is 2.41. The van der Waals surface area contributed by atoms with E-state index in [0.29, 0.717) is 12.8 Å². The summed E-state index contributed by atoms with van der Waals surface area (Å²) in [5.74, 6) is -0.125. The van der Waals surface area contributed by atoms with Crippen LogP contribution in [-0.2, 0) is 9.53 Å². The fourth-order valence-electron chi connectivity index (χ4n) is 3.41. The molecular weight excluding hydrogens is 324 g/mol. The average molecular weight is 353 g/mol. The van der Waals surface area contributed by atoms with Crippen LogP contribution in [0.5, 0.6) is 0 Å². The quantitative estimate of drug-likeness (QED) is 0.739. The normalized spacial score (nSPS) is 27.2. The molecule has 5 nitrogen and oxygen atoms in total. The number of carbonyl (C=O) groups excluding carboxylic acids is 2. The maximum Gasteiger partial charge on any atom is 0.217 e. The van der Waals surface area contributed by atoms with Crippen LogP contribution in [0, 0.1) is 5.92 Å². The van der Waals surface area contributed by atoms with E-state index in [9.17, 15) is 9.59 Å². The van der Waals surface area contributed by atoms with Gasteiger partial charge in [-0.2, -0.15) is 0 Å². The first kappa shape index (κ1) is 19.1. The van der Waals surface area contributed by atoms with Gasteiger partial charge in [0.25, 0.3) is 0 Å². The molecule has 6 heteroatoms. The van der Waals surface area contributed by atoms with Crippen LogP contribution in [0.1, 0.15) is 56.1 Å². The minimum atomic E-state index is -0.282. The number of thiophene rings is 1. The Morgan fingerprint density at radius 2 is 2.08 bits per heavy atom. The van der Waals surface area contributed by atoms with Crippen LogP contribution in [0.2, 0.25) is 0 Å². The Bertz CT molecular complexity index is 542. The number of Topliss-reactive ketones (excluding diaryl/α,β-unsaturated/α-hetero) is 1. The van der Waals surface area contributed by atoms with E-state index in [0.717, 1.165) is 17.7 Å². The summed E-state index contributed by atoms with van der Waals surface area (Å²) in [6.45, 7) is 5.65. The molecule has 0 unspecified atom stereocenters. The lowest BCUT2D eigenvalue weighted by atomic mass is 9.78. The summed E-state index contributed by atoms with van der Waals surface area (Å²) in [5.41, 5.74) is 6.31.